The Morgan fingerprint density at radius 2 is 1.05 bits per heavy atom. The third-order valence-electron chi connectivity index (χ3n) is 3.62. The molecule has 0 N–H and O–H groups in total. The van der Waals surface area contributed by atoms with Crippen LogP contribution in [-0.2, 0) is 0 Å². The normalized spacial score (nSPS) is 11.6. The molecule has 0 aliphatic rings. The number of benzene rings is 3. The first-order valence-electron chi connectivity index (χ1n) is 7.48. The molecule has 0 amide bonds. The minimum absolute atomic E-state index is 0.476. The van der Waals surface area contributed by atoms with E-state index in [2.05, 4.69) is 104 Å². The second-order valence-electron chi connectivity index (χ2n) is 5.22. The van der Waals surface area contributed by atoms with E-state index in [1.165, 1.54) is 21.7 Å². The predicted octanol–water partition coefficient (Wildman–Crippen LogP) is 5.18. The van der Waals surface area contributed by atoms with Gasteiger partial charge in [0.1, 0.15) is 0 Å². The van der Waals surface area contributed by atoms with Crippen LogP contribution in [0.25, 0.3) is 5.57 Å². The van der Waals surface area contributed by atoms with Crippen molar-refractivity contribution >= 4 is 24.1 Å². The Bertz CT molecular complexity index is 691. The fourth-order valence-corrected chi connectivity index (χ4v) is 4.56. The van der Waals surface area contributed by atoms with Crippen molar-refractivity contribution in [2.24, 2.45) is 0 Å². The fourth-order valence-electron chi connectivity index (χ4n) is 2.44. The molecular formula is C21H19P. The van der Waals surface area contributed by atoms with Gasteiger partial charge >= 0.3 is 0 Å². The van der Waals surface area contributed by atoms with Crippen molar-refractivity contribution in [1.82, 2.24) is 0 Å². The molecule has 0 heterocycles. The first kappa shape index (κ1) is 14.8. The molecular weight excluding hydrogens is 283 g/mol. The van der Waals surface area contributed by atoms with Gasteiger partial charge in [0.2, 0.25) is 0 Å². The van der Waals surface area contributed by atoms with Gasteiger partial charge in [-0.05, 0) is 42.4 Å². The summed E-state index contributed by atoms with van der Waals surface area (Å²) >= 11 is 0. The van der Waals surface area contributed by atoms with E-state index in [9.17, 15) is 0 Å². The minimum Gasteiger partial charge on any atom is -0.0622 e. The van der Waals surface area contributed by atoms with E-state index in [0.29, 0.717) is 0 Å². The van der Waals surface area contributed by atoms with Gasteiger partial charge in [-0.1, -0.05) is 91.0 Å². The van der Waals surface area contributed by atoms with Crippen LogP contribution in [0.4, 0.5) is 0 Å². The Labute approximate surface area is 133 Å². The molecule has 0 aromatic heterocycles. The van der Waals surface area contributed by atoms with Crippen LogP contribution in [0.1, 0.15) is 12.5 Å². The lowest BCUT2D eigenvalue weighted by Crippen LogP contribution is -2.09. The third-order valence-corrected chi connectivity index (χ3v) is 5.98. The molecule has 0 saturated carbocycles. The molecule has 0 unspecified atom stereocenters. The zero-order valence-corrected chi connectivity index (χ0v) is 13.6. The Morgan fingerprint density at radius 1 is 0.636 bits per heavy atom. The summed E-state index contributed by atoms with van der Waals surface area (Å²) in [6, 6.07) is 32.2. The summed E-state index contributed by atoms with van der Waals surface area (Å²) in [6.45, 7) is 2.20. The first-order chi connectivity index (χ1) is 10.8. The second-order valence-corrected chi connectivity index (χ2v) is 7.25. The van der Waals surface area contributed by atoms with E-state index >= 15 is 0 Å². The molecule has 3 aromatic carbocycles. The number of hydrogen-bond acceptors (Lipinski definition) is 0. The van der Waals surface area contributed by atoms with E-state index in [4.69, 9.17) is 0 Å². The third kappa shape index (κ3) is 3.53. The van der Waals surface area contributed by atoms with Gasteiger partial charge in [0, 0.05) is 0 Å². The fraction of sp³-hybridized carbons (Fsp3) is 0.0476. The van der Waals surface area contributed by atoms with Crippen LogP contribution in [0.5, 0.6) is 0 Å². The molecule has 0 fully saturated rings. The van der Waals surface area contributed by atoms with Crippen LogP contribution in [0.15, 0.2) is 96.8 Å². The SMILES string of the molecule is CC(=CP(c1ccccc1)c1ccccc1)c1ccccc1. The zero-order chi connectivity index (χ0) is 15.2. The summed E-state index contributed by atoms with van der Waals surface area (Å²) < 4.78 is 0. The van der Waals surface area contributed by atoms with Crippen LogP contribution < -0.4 is 10.6 Å². The van der Waals surface area contributed by atoms with Gasteiger partial charge in [-0.3, -0.25) is 0 Å². The second kappa shape index (κ2) is 7.20. The van der Waals surface area contributed by atoms with Crippen molar-refractivity contribution in [3.8, 4) is 0 Å². The summed E-state index contributed by atoms with van der Waals surface area (Å²) in [5, 5.41) is 2.78. The highest BCUT2D eigenvalue weighted by molar-refractivity contribution is 7.76. The van der Waals surface area contributed by atoms with E-state index in [-0.39, 0.29) is 0 Å². The summed E-state index contributed by atoms with van der Waals surface area (Å²) in [5.74, 6) is 2.43. The predicted molar refractivity (Wildman–Crippen MR) is 99.2 cm³/mol. The number of allylic oxidation sites excluding steroid dienone is 1. The molecule has 108 valence electrons. The van der Waals surface area contributed by atoms with Gasteiger partial charge in [0.15, 0.2) is 0 Å². The topological polar surface area (TPSA) is 0 Å². The quantitative estimate of drug-likeness (QED) is 0.582. The molecule has 0 aliphatic heterocycles. The maximum Gasteiger partial charge on any atom is -0.0157 e. The zero-order valence-electron chi connectivity index (χ0n) is 12.7. The highest BCUT2D eigenvalue weighted by atomic mass is 31.1. The standard InChI is InChI=1S/C21H19P/c1-18(19-11-5-2-6-12-19)17-22(20-13-7-3-8-14-20)21-15-9-4-10-16-21/h2-17H,1H3. The van der Waals surface area contributed by atoms with Gasteiger partial charge in [-0.15, -0.1) is 0 Å². The molecule has 0 atom stereocenters. The highest BCUT2D eigenvalue weighted by Crippen LogP contribution is 2.38. The summed E-state index contributed by atoms with van der Waals surface area (Å²) in [7, 11) is -0.476. The summed E-state index contributed by atoms with van der Waals surface area (Å²) in [5.41, 5.74) is 2.63. The Morgan fingerprint density at radius 3 is 1.50 bits per heavy atom. The van der Waals surface area contributed by atoms with Gasteiger partial charge in [0.25, 0.3) is 0 Å². The van der Waals surface area contributed by atoms with Crippen LogP contribution in [-0.4, -0.2) is 0 Å². The molecule has 0 nitrogen and oxygen atoms in total. The Balaban J connectivity index is 2.03. The van der Waals surface area contributed by atoms with E-state index < -0.39 is 7.92 Å². The average Bonchev–Trinajstić information content (AvgIpc) is 2.62. The molecule has 3 rings (SSSR count). The molecule has 1 heteroatoms. The maximum atomic E-state index is 2.43. The number of hydrogen-bond donors (Lipinski definition) is 0. The van der Waals surface area contributed by atoms with Crippen LogP contribution >= 0.6 is 7.92 Å². The monoisotopic (exact) mass is 302 g/mol. The average molecular weight is 302 g/mol. The van der Waals surface area contributed by atoms with Crippen LogP contribution in [0.2, 0.25) is 0 Å². The van der Waals surface area contributed by atoms with E-state index in [1.54, 1.807) is 0 Å². The van der Waals surface area contributed by atoms with Crippen LogP contribution in [0, 0.1) is 0 Å². The molecule has 0 radical (unpaired) electrons. The summed E-state index contributed by atoms with van der Waals surface area (Å²) in [4.78, 5) is 0. The van der Waals surface area contributed by atoms with Crippen molar-refractivity contribution in [1.29, 1.82) is 0 Å². The first-order valence-corrected chi connectivity index (χ1v) is 8.89. The largest absolute Gasteiger partial charge is 0.0622 e. The molecule has 22 heavy (non-hydrogen) atoms. The van der Waals surface area contributed by atoms with Crippen molar-refractivity contribution in [3.05, 3.63) is 102 Å². The van der Waals surface area contributed by atoms with Gasteiger partial charge in [0.05, 0.1) is 0 Å². The maximum absolute atomic E-state index is 2.43. The van der Waals surface area contributed by atoms with Gasteiger partial charge in [-0.2, -0.15) is 0 Å². The highest BCUT2D eigenvalue weighted by Gasteiger charge is 2.11. The van der Waals surface area contributed by atoms with Crippen LogP contribution in [0.3, 0.4) is 0 Å². The Kier molecular flexibility index (Phi) is 4.83. The molecule has 0 bridgehead atoms. The smallest absolute Gasteiger partial charge is 0.0157 e. The molecule has 0 saturated heterocycles. The summed E-state index contributed by atoms with van der Waals surface area (Å²) in [6.07, 6.45) is 0. The van der Waals surface area contributed by atoms with E-state index in [0.717, 1.165) is 0 Å². The van der Waals surface area contributed by atoms with Crippen molar-refractivity contribution in [3.63, 3.8) is 0 Å². The van der Waals surface area contributed by atoms with Crippen molar-refractivity contribution < 1.29 is 0 Å². The minimum atomic E-state index is -0.476. The van der Waals surface area contributed by atoms with Gasteiger partial charge in [-0.25, -0.2) is 0 Å². The lowest BCUT2D eigenvalue weighted by molar-refractivity contribution is 1.58. The molecule has 0 spiro atoms. The van der Waals surface area contributed by atoms with E-state index in [1.807, 2.05) is 0 Å². The Hall–Kier alpha value is -2.17. The van der Waals surface area contributed by atoms with Crippen molar-refractivity contribution in [2.75, 3.05) is 0 Å². The lowest BCUT2D eigenvalue weighted by Gasteiger charge is -2.16. The van der Waals surface area contributed by atoms with Crippen molar-refractivity contribution in [2.45, 2.75) is 6.92 Å². The number of rotatable bonds is 4. The lowest BCUT2D eigenvalue weighted by atomic mass is 10.1. The molecule has 0 aliphatic carbocycles. The molecule has 3 aromatic rings. The van der Waals surface area contributed by atoms with Gasteiger partial charge < -0.3 is 0 Å².